The Hall–Kier alpha value is -1.52. The Morgan fingerprint density at radius 3 is 2.24 bits per heavy atom. The highest BCUT2D eigenvalue weighted by atomic mass is 16.5. The molecular formula is C17H25NO3. The lowest BCUT2D eigenvalue weighted by Crippen LogP contribution is -2.42. The van der Waals surface area contributed by atoms with E-state index in [1.165, 1.54) is 0 Å². The number of ether oxygens (including phenoxy) is 2. The Labute approximate surface area is 127 Å². The molecule has 0 atom stereocenters. The Morgan fingerprint density at radius 1 is 1.19 bits per heavy atom. The van der Waals surface area contributed by atoms with Crippen LogP contribution in [0.3, 0.4) is 0 Å². The summed E-state index contributed by atoms with van der Waals surface area (Å²) in [5, 5.41) is 11.0. The van der Waals surface area contributed by atoms with Crippen molar-refractivity contribution < 1.29 is 14.6 Å². The third-order valence-electron chi connectivity index (χ3n) is 4.22. The molecule has 0 saturated carbocycles. The van der Waals surface area contributed by atoms with Crippen LogP contribution in [-0.4, -0.2) is 43.9 Å². The molecule has 0 bridgehead atoms. The molecule has 2 rings (SSSR count). The Bertz CT molecular complexity index is 457. The van der Waals surface area contributed by atoms with Crippen LogP contribution in [0.2, 0.25) is 0 Å². The number of methoxy groups -OCH3 is 2. The van der Waals surface area contributed by atoms with E-state index in [0.717, 1.165) is 44.5 Å². The van der Waals surface area contributed by atoms with Gasteiger partial charge in [-0.05, 0) is 37.0 Å². The van der Waals surface area contributed by atoms with Crippen molar-refractivity contribution in [1.29, 1.82) is 0 Å². The molecule has 0 aliphatic carbocycles. The van der Waals surface area contributed by atoms with Gasteiger partial charge >= 0.3 is 0 Å². The summed E-state index contributed by atoms with van der Waals surface area (Å²) in [5.41, 5.74) is 0.0778. The molecule has 0 spiro atoms. The van der Waals surface area contributed by atoms with Crippen molar-refractivity contribution in [1.82, 2.24) is 4.90 Å². The van der Waals surface area contributed by atoms with E-state index in [0.29, 0.717) is 11.5 Å². The third-order valence-corrected chi connectivity index (χ3v) is 4.22. The second kappa shape index (κ2) is 6.96. The van der Waals surface area contributed by atoms with Crippen LogP contribution < -0.4 is 9.47 Å². The number of piperidine rings is 1. The lowest BCUT2D eigenvalue weighted by atomic mass is 9.84. The van der Waals surface area contributed by atoms with Crippen LogP contribution in [0, 0.1) is 0 Å². The summed E-state index contributed by atoms with van der Waals surface area (Å²) >= 11 is 0. The quantitative estimate of drug-likeness (QED) is 0.818. The van der Waals surface area contributed by atoms with Crippen LogP contribution in [-0.2, 0) is 5.60 Å². The summed E-state index contributed by atoms with van der Waals surface area (Å²) in [6.45, 7) is 6.56. The van der Waals surface area contributed by atoms with Gasteiger partial charge in [-0.3, -0.25) is 0 Å². The zero-order chi connectivity index (χ0) is 15.3. The van der Waals surface area contributed by atoms with Gasteiger partial charge in [-0.25, -0.2) is 0 Å². The maximum absolute atomic E-state index is 11.0. The van der Waals surface area contributed by atoms with Crippen LogP contribution >= 0.6 is 0 Å². The van der Waals surface area contributed by atoms with Crippen LogP contribution in [0.25, 0.3) is 0 Å². The average molecular weight is 291 g/mol. The minimum atomic E-state index is -0.799. The lowest BCUT2D eigenvalue weighted by molar-refractivity contribution is -0.0257. The van der Waals surface area contributed by atoms with Crippen LogP contribution in [0.15, 0.2) is 30.9 Å². The van der Waals surface area contributed by atoms with E-state index in [4.69, 9.17) is 9.47 Å². The minimum Gasteiger partial charge on any atom is -0.497 e. The molecule has 1 aromatic rings. The first-order valence-corrected chi connectivity index (χ1v) is 7.40. The van der Waals surface area contributed by atoms with Gasteiger partial charge in [-0.15, -0.1) is 6.58 Å². The third kappa shape index (κ3) is 3.77. The van der Waals surface area contributed by atoms with Crippen LogP contribution in [0.1, 0.15) is 24.8 Å². The molecule has 1 aliphatic rings. The SMILES string of the molecule is C=CCCN1CCC(O)(c2cc(OC)cc(OC)c2)CC1. The summed E-state index contributed by atoms with van der Waals surface area (Å²) in [6, 6.07) is 5.63. The molecule has 1 saturated heterocycles. The zero-order valence-corrected chi connectivity index (χ0v) is 13.0. The molecule has 1 aliphatic heterocycles. The van der Waals surface area contributed by atoms with Crippen molar-refractivity contribution >= 4 is 0 Å². The monoisotopic (exact) mass is 291 g/mol. The van der Waals surface area contributed by atoms with Crippen molar-refractivity contribution in [2.75, 3.05) is 33.9 Å². The Balaban J connectivity index is 2.12. The first kappa shape index (κ1) is 15.9. The van der Waals surface area contributed by atoms with Gasteiger partial charge in [0.15, 0.2) is 0 Å². The Morgan fingerprint density at radius 2 is 1.76 bits per heavy atom. The topological polar surface area (TPSA) is 41.9 Å². The number of rotatable bonds is 6. The molecule has 0 aromatic heterocycles. The molecule has 0 amide bonds. The highest BCUT2D eigenvalue weighted by molar-refractivity contribution is 5.41. The number of hydrogen-bond donors (Lipinski definition) is 1. The molecule has 116 valence electrons. The summed E-state index contributed by atoms with van der Waals surface area (Å²) < 4.78 is 10.6. The summed E-state index contributed by atoms with van der Waals surface area (Å²) in [4.78, 5) is 2.37. The first-order valence-electron chi connectivity index (χ1n) is 7.40. The minimum absolute atomic E-state index is 0.715. The van der Waals surface area contributed by atoms with Gasteiger partial charge in [0.25, 0.3) is 0 Å². The molecule has 1 fully saturated rings. The standard InChI is InChI=1S/C17H25NO3/c1-4-5-8-18-9-6-17(19,7-10-18)14-11-15(20-2)13-16(12-14)21-3/h4,11-13,19H,1,5-10H2,2-3H3. The highest BCUT2D eigenvalue weighted by Crippen LogP contribution is 2.36. The molecule has 1 aromatic carbocycles. The number of likely N-dealkylation sites (tertiary alicyclic amines) is 1. The Kier molecular flexibility index (Phi) is 5.26. The van der Waals surface area contributed by atoms with Gasteiger partial charge in [0.1, 0.15) is 11.5 Å². The second-order valence-electron chi connectivity index (χ2n) is 5.55. The molecular weight excluding hydrogens is 266 g/mol. The van der Waals surface area contributed by atoms with Gasteiger partial charge in [-0.1, -0.05) is 6.08 Å². The van der Waals surface area contributed by atoms with E-state index in [1.54, 1.807) is 14.2 Å². The largest absolute Gasteiger partial charge is 0.497 e. The number of benzene rings is 1. The van der Waals surface area contributed by atoms with Crippen molar-refractivity contribution in [3.8, 4) is 11.5 Å². The van der Waals surface area contributed by atoms with Crippen LogP contribution in [0.4, 0.5) is 0 Å². The molecule has 0 radical (unpaired) electrons. The molecule has 1 N–H and O–H groups in total. The molecule has 1 heterocycles. The fraction of sp³-hybridized carbons (Fsp3) is 0.529. The van der Waals surface area contributed by atoms with Gasteiger partial charge in [0.05, 0.1) is 19.8 Å². The predicted molar refractivity (Wildman–Crippen MR) is 83.9 cm³/mol. The maximum Gasteiger partial charge on any atom is 0.122 e. The molecule has 4 nitrogen and oxygen atoms in total. The summed E-state index contributed by atoms with van der Waals surface area (Å²) in [7, 11) is 3.25. The van der Waals surface area contributed by atoms with E-state index in [1.807, 2.05) is 24.3 Å². The van der Waals surface area contributed by atoms with Gasteiger partial charge in [0, 0.05) is 25.7 Å². The van der Waals surface area contributed by atoms with E-state index in [-0.39, 0.29) is 0 Å². The first-order chi connectivity index (χ1) is 10.1. The van der Waals surface area contributed by atoms with Gasteiger partial charge in [0.2, 0.25) is 0 Å². The van der Waals surface area contributed by atoms with Crippen molar-refractivity contribution in [2.45, 2.75) is 24.9 Å². The molecule has 21 heavy (non-hydrogen) atoms. The van der Waals surface area contributed by atoms with Crippen LogP contribution in [0.5, 0.6) is 11.5 Å². The van der Waals surface area contributed by atoms with Crippen molar-refractivity contribution in [2.24, 2.45) is 0 Å². The fourth-order valence-corrected chi connectivity index (χ4v) is 2.79. The summed E-state index contributed by atoms with van der Waals surface area (Å²) in [5.74, 6) is 1.43. The van der Waals surface area contributed by atoms with E-state index >= 15 is 0 Å². The van der Waals surface area contributed by atoms with E-state index < -0.39 is 5.60 Å². The average Bonchev–Trinajstić information content (AvgIpc) is 2.53. The van der Waals surface area contributed by atoms with Gasteiger partial charge < -0.3 is 19.5 Å². The normalized spacial score (nSPS) is 18.2. The maximum atomic E-state index is 11.0. The number of hydrogen-bond acceptors (Lipinski definition) is 4. The lowest BCUT2D eigenvalue weighted by Gasteiger charge is -2.38. The molecule has 0 unspecified atom stereocenters. The highest BCUT2D eigenvalue weighted by Gasteiger charge is 2.34. The van der Waals surface area contributed by atoms with Gasteiger partial charge in [-0.2, -0.15) is 0 Å². The van der Waals surface area contributed by atoms with Crippen molar-refractivity contribution in [3.05, 3.63) is 36.4 Å². The van der Waals surface area contributed by atoms with E-state index in [2.05, 4.69) is 11.5 Å². The zero-order valence-electron chi connectivity index (χ0n) is 13.0. The fourth-order valence-electron chi connectivity index (χ4n) is 2.79. The summed E-state index contributed by atoms with van der Waals surface area (Å²) in [6.07, 6.45) is 4.38. The number of aliphatic hydroxyl groups is 1. The smallest absolute Gasteiger partial charge is 0.122 e. The van der Waals surface area contributed by atoms with E-state index in [9.17, 15) is 5.11 Å². The predicted octanol–water partition coefficient (Wildman–Crippen LogP) is 2.56. The molecule has 4 heteroatoms. The van der Waals surface area contributed by atoms with Crippen molar-refractivity contribution in [3.63, 3.8) is 0 Å². The second-order valence-corrected chi connectivity index (χ2v) is 5.55. The number of nitrogens with zero attached hydrogens (tertiary/aromatic N) is 1.